The number of rotatable bonds is 4. The Morgan fingerprint density at radius 1 is 1.45 bits per heavy atom. The van der Waals surface area contributed by atoms with Gasteiger partial charge in [0, 0.05) is 30.9 Å². The SMILES string of the molecule is O=C(N1CC2CC1CC2OCc1cccnc1)C1(F)CCC1. The molecule has 22 heavy (non-hydrogen) atoms. The first-order valence-corrected chi connectivity index (χ1v) is 8.16. The van der Waals surface area contributed by atoms with Crippen molar-refractivity contribution in [2.75, 3.05) is 6.54 Å². The van der Waals surface area contributed by atoms with Crippen LogP contribution in [0.25, 0.3) is 0 Å². The van der Waals surface area contributed by atoms with Gasteiger partial charge in [-0.3, -0.25) is 9.78 Å². The number of hydrogen-bond acceptors (Lipinski definition) is 3. The van der Waals surface area contributed by atoms with E-state index in [-0.39, 0.29) is 18.1 Å². The van der Waals surface area contributed by atoms with Crippen molar-refractivity contribution in [1.29, 1.82) is 0 Å². The smallest absolute Gasteiger partial charge is 0.260 e. The van der Waals surface area contributed by atoms with E-state index in [0.29, 0.717) is 31.9 Å². The van der Waals surface area contributed by atoms with E-state index in [1.165, 1.54) is 0 Å². The second-order valence-electron chi connectivity index (χ2n) is 6.87. The van der Waals surface area contributed by atoms with Gasteiger partial charge in [-0.15, -0.1) is 0 Å². The van der Waals surface area contributed by atoms with Crippen molar-refractivity contribution in [3.05, 3.63) is 30.1 Å². The third-order valence-corrected chi connectivity index (χ3v) is 5.45. The van der Waals surface area contributed by atoms with Crippen LogP contribution >= 0.6 is 0 Å². The fraction of sp³-hybridized carbons (Fsp3) is 0.647. The van der Waals surface area contributed by atoms with E-state index in [0.717, 1.165) is 24.8 Å². The van der Waals surface area contributed by atoms with Crippen molar-refractivity contribution >= 4 is 5.91 Å². The lowest BCUT2D eigenvalue weighted by Gasteiger charge is -2.40. The molecular weight excluding hydrogens is 283 g/mol. The second kappa shape index (κ2) is 5.30. The highest BCUT2D eigenvalue weighted by Crippen LogP contribution is 2.44. The summed E-state index contributed by atoms with van der Waals surface area (Å²) in [5.41, 5.74) is -0.494. The first kappa shape index (κ1) is 14.1. The number of halogens is 1. The van der Waals surface area contributed by atoms with Gasteiger partial charge in [0.1, 0.15) is 0 Å². The van der Waals surface area contributed by atoms with E-state index < -0.39 is 5.67 Å². The van der Waals surface area contributed by atoms with E-state index in [1.807, 2.05) is 18.3 Å². The molecule has 0 spiro atoms. The lowest BCUT2D eigenvalue weighted by Crippen LogP contribution is -2.53. The molecule has 0 N–H and O–H groups in total. The van der Waals surface area contributed by atoms with Gasteiger partial charge in [-0.2, -0.15) is 0 Å². The lowest BCUT2D eigenvalue weighted by atomic mass is 9.80. The largest absolute Gasteiger partial charge is 0.373 e. The molecule has 3 unspecified atom stereocenters. The molecule has 2 saturated carbocycles. The van der Waals surface area contributed by atoms with Gasteiger partial charge in [0.05, 0.1) is 12.7 Å². The van der Waals surface area contributed by atoms with Crippen LogP contribution in [-0.4, -0.2) is 40.2 Å². The average molecular weight is 304 g/mol. The molecule has 3 aliphatic rings. The molecule has 1 saturated heterocycles. The summed E-state index contributed by atoms with van der Waals surface area (Å²) in [7, 11) is 0. The molecule has 1 aromatic heterocycles. The Balaban J connectivity index is 1.33. The van der Waals surface area contributed by atoms with Crippen molar-refractivity contribution in [2.24, 2.45) is 5.92 Å². The predicted octanol–water partition coefficient (Wildman–Crippen LogP) is 2.48. The van der Waals surface area contributed by atoms with Gasteiger partial charge < -0.3 is 9.64 Å². The fourth-order valence-electron chi connectivity index (χ4n) is 4.00. The minimum atomic E-state index is -1.56. The number of nitrogens with zero attached hydrogens (tertiary/aromatic N) is 2. The minimum absolute atomic E-state index is 0.171. The Morgan fingerprint density at radius 3 is 2.91 bits per heavy atom. The normalized spacial score (nSPS) is 32.0. The fourth-order valence-corrected chi connectivity index (χ4v) is 4.00. The number of carbonyl (C=O) groups is 1. The van der Waals surface area contributed by atoms with Crippen molar-refractivity contribution < 1.29 is 13.9 Å². The van der Waals surface area contributed by atoms with Gasteiger partial charge in [-0.1, -0.05) is 6.07 Å². The third kappa shape index (κ3) is 2.32. The number of alkyl halides is 1. The second-order valence-corrected chi connectivity index (χ2v) is 6.87. The monoisotopic (exact) mass is 304 g/mol. The number of piperidine rings is 1. The summed E-state index contributed by atoms with van der Waals surface area (Å²) in [5.74, 6) is 0.0891. The molecule has 0 radical (unpaired) electrons. The molecule has 1 aliphatic heterocycles. The van der Waals surface area contributed by atoms with E-state index in [1.54, 1.807) is 11.1 Å². The van der Waals surface area contributed by atoms with Crippen LogP contribution in [0.2, 0.25) is 0 Å². The van der Waals surface area contributed by atoms with Crippen LogP contribution in [0.4, 0.5) is 4.39 Å². The van der Waals surface area contributed by atoms with Crippen LogP contribution in [0.1, 0.15) is 37.7 Å². The standard InChI is InChI=1S/C17H21FN2O2/c18-17(4-2-5-17)16(21)20-10-13-7-14(20)8-15(13)22-11-12-3-1-6-19-9-12/h1,3,6,9,13-15H,2,4-5,7-8,10-11H2. The number of pyridine rings is 1. The zero-order chi connectivity index (χ0) is 15.2. The highest BCUT2D eigenvalue weighted by atomic mass is 19.1. The van der Waals surface area contributed by atoms with E-state index in [2.05, 4.69) is 4.98 Å². The van der Waals surface area contributed by atoms with Gasteiger partial charge in [-0.25, -0.2) is 4.39 Å². The molecule has 0 aromatic carbocycles. The Bertz CT molecular complexity index is 561. The molecule has 4 rings (SSSR count). The molecule has 2 bridgehead atoms. The first-order chi connectivity index (χ1) is 10.7. The molecule has 1 aromatic rings. The number of aromatic nitrogens is 1. The molecule has 2 heterocycles. The number of fused-ring (bicyclic) bond motifs is 2. The number of amides is 1. The van der Waals surface area contributed by atoms with Crippen molar-refractivity contribution in [2.45, 2.75) is 56.5 Å². The minimum Gasteiger partial charge on any atom is -0.373 e. The van der Waals surface area contributed by atoms with Crippen LogP contribution in [0.5, 0.6) is 0 Å². The number of carbonyl (C=O) groups excluding carboxylic acids is 1. The Labute approximate surface area is 129 Å². The maximum atomic E-state index is 14.3. The quantitative estimate of drug-likeness (QED) is 0.858. The summed E-state index contributed by atoms with van der Waals surface area (Å²) >= 11 is 0. The zero-order valence-electron chi connectivity index (χ0n) is 12.6. The molecular formula is C17H21FN2O2. The Kier molecular flexibility index (Phi) is 3.40. The van der Waals surface area contributed by atoms with Crippen molar-refractivity contribution in [3.8, 4) is 0 Å². The van der Waals surface area contributed by atoms with Crippen LogP contribution in [0, 0.1) is 5.92 Å². The topological polar surface area (TPSA) is 42.4 Å². The lowest BCUT2D eigenvalue weighted by molar-refractivity contribution is -0.153. The van der Waals surface area contributed by atoms with E-state index in [9.17, 15) is 9.18 Å². The summed E-state index contributed by atoms with van der Waals surface area (Å²) in [4.78, 5) is 18.2. The van der Waals surface area contributed by atoms with Gasteiger partial charge in [0.15, 0.2) is 5.67 Å². The first-order valence-electron chi connectivity index (χ1n) is 8.16. The van der Waals surface area contributed by atoms with Crippen molar-refractivity contribution in [3.63, 3.8) is 0 Å². The molecule has 4 nitrogen and oxygen atoms in total. The van der Waals surface area contributed by atoms with Gasteiger partial charge in [-0.05, 0) is 43.7 Å². The molecule has 2 aliphatic carbocycles. The highest BCUT2D eigenvalue weighted by Gasteiger charge is 2.54. The average Bonchev–Trinajstić information content (AvgIpc) is 3.11. The number of hydrogen-bond donors (Lipinski definition) is 0. The Hall–Kier alpha value is -1.49. The zero-order valence-corrected chi connectivity index (χ0v) is 12.6. The van der Waals surface area contributed by atoms with Crippen LogP contribution in [0.3, 0.4) is 0 Å². The van der Waals surface area contributed by atoms with Gasteiger partial charge >= 0.3 is 0 Å². The summed E-state index contributed by atoms with van der Waals surface area (Å²) in [5, 5.41) is 0. The van der Waals surface area contributed by atoms with E-state index >= 15 is 0 Å². The maximum Gasteiger partial charge on any atom is 0.260 e. The third-order valence-electron chi connectivity index (χ3n) is 5.45. The maximum absolute atomic E-state index is 14.3. The predicted molar refractivity (Wildman–Crippen MR) is 78.7 cm³/mol. The Morgan fingerprint density at radius 2 is 2.32 bits per heavy atom. The molecule has 1 amide bonds. The molecule has 5 heteroatoms. The molecule has 3 atom stereocenters. The van der Waals surface area contributed by atoms with Crippen molar-refractivity contribution in [1.82, 2.24) is 9.88 Å². The van der Waals surface area contributed by atoms with Crippen LogP contribution in [-0.2, 0) is 16.1 Å². The van der Waals surface area contributed by atoms with Gasteiger partial charge in [0.2, 0.25) is 0 Å². The summed E-state index contributed by atoms with van der Waals surface area (Å²) < 4.78 is 20.3. The van der Waals surface area contributed by atoms with Gasteiger partial charge in [0.25, 0.3) is 5.91 Å². The summed E-state index contributed by atoms with van der Waals surface area (Å²) in [6.07, 6.45) is 7.19. The summed E-state index contributed by atoms with van der Waals surface area (Å²) in [6, 6.07) is 4.07. The molecule has 3 fully saturated rings. The number of ether oxygens (including phenoxy) is 1. The summed E-state index contributed by atoms with van der Waals surface area (Å²) in [6.45, 7) is 1.22. The number of likely N-dealkylation sites (tertiary alicyclic amines) is 1. The highest BCUT2D eigenvalue weighted by molar-refractivity contribution is 5.86. The van der Waals surface area contributed by atoms with Crippen LogP contribution < -0.4 is 0 Å². The molecule has 118 valence electrons. The van der Waals surface area contributed by atoms with Crippen LogP contribution in [0.15, 0.2) is 24.5 Å². The van der Waals surface area contributed by atoms with E-state index in [4.69, 9.17) is 4.74 Å².